The third-order valence-electron chi connectivity index (χ3n) is 4.75. The van der Waals surface area contributed by atoms with Gasteiger partial charge in [-0.15, -0.1) is 0 Å². The highest BCUT2D eigenvalue weighted by Crippen LogP contribution is 2.13. The second-order valence-electron chi connectivity index (χ2n) is 7.52. The molecule has 0 unspecified atom stereocenters. The van der Waals surface area contributed by atoms with Crippen molar-refractivity contribution in [3.8, 4) is 0 Å². The zero-order chi connectivity index (χ0) is 22.0. The standard InChI is InChI=1S/C23H34N4O2S/c1-5-24-23(25-17-6-7-19-8-12-21(13-9-19)27(2)3)26-18-16-20-10-14-22(15-11-20)30(4,28)29/h8-15H,5-7,16-18H2,1-4H3,(H2,24,25,26). The summed E-state index contributed by atoms with van der Waals surface area (Å²) in [6.45, 7) is 4.35. The molecule has 0 radical (unpaired) electrons. The fourth-order valence-corrected chi connectivity index (χ4v) is 3.64. The van der Waals surface area contributed by atoms with Gasteiger partial charge in [0.1, 0.15) is 0 Å². The van der Waals surface area contributed by atoms with Crippen molar-refractivity contribution in [3.63, 3.8) is 0 Å². The molecule has 0 fully saturated rings. The van der Waals surface area contributed by atoms with Gasteiger partial charge >= 0.3 is 0 Å². The molecule has 0 aliphatic heterocycles. The van der Waals surface area contributed by atoms with Gasteiger partial charge in [0.25, 0.3) is 0 Å². The molecule has 0 aliphatic carbocycles. The first-order valence-corrected chi connectivity index (χ1v) is 12.3. The molecule has 0 aliphatic rings. The summed E-state index contributed by atoms with van der Waals surface area (Å²) in [5.74, 6) is 0.813. The van der Waals surface area contributed by atoms with Crippen molar-refractivity contribution in [2.45, 2.75) is 31.1 Å². The fraction of sp³-hybridized carbons (Fsp3) is 0.435. The van der Waals surface area contributed by atoms with Crippen LogP contribution in [0.3, 0.4) is 0 Å². The molecule has 0 heterocycles. The van der Waals surface area contributed by atoms with Gasteiger partial charge in [-0.25, -0.2) is 8.42 Å². The summed E-state index contributed by atoms with van der Waals surface area (Å²) in [7, 11) is 0.944. The number of rotatable bonds is 10. The first-order chi connectivity index (χ1) is 14.3. The van der Waals surface area contributed by atoms with E-state index in [2.05, 4.69) is 44.8 Å². The molecular weight excluding hydrogens is 396 g/mol. The van der Waals surface area contributed by atoms with Crippen LogP contribution in [-0.4, -0.2) is 54.4 Å². The Morgan fingerprint density at radius 3 is 2.10 bits per heavy atom. The summed E-state index contributed by atoms with van der Waals surface area (Å²) in [4.78, 5) is 7.11. The van der Waals surface area contributed by atoms with Crippen molar-refractivity contribution in [1.29, 1.82) is 0 Å². The Balaban J connectivity index is 1.78. The minimum Gasteiger partial charge on any atom is -0.378 e. The number of aliphatic imine (C=N–C) groups is 1. The topological polar surface area (TPSA) is 73.8 Å². The van der Waals surface area contributed by atoms with Gasteiger partial charge in [0.2, 0.25) is 0 Å². The predicted octanol–water partition coefficient (Wildman–Crippen LogP) is 2.89. The van der Waals surface area contributed by atoms with Crippen molar-refractivity contribution in [1.82, 2.24) is 10.6 Å². The summed E-state index contributed by atoms with van der Waals surface area (Å²) < 4.78 is 23.1. The normalized spacial score (nSPS) is 11.9. The Hall–Kier alpha value is -2.54. The predicted molar refractivity (Wildman–Crippen MR) is 126 cm³/mol. The molecule has 0 atom stereocenters. The number of hydrogen-bond acceptors (Lipinski definition) is 4. The van der Waals surface area contributed by atoms with Crippen LogP contribution in [0.25, 0.3) is 0 Å². The van der Waals surface area contributed by atoms with Gasteiger partial charge in [0.15, 0.2) is 15.8 Å². The van der Waals surface area contributed by atoms with Crippen LogP contribution >= 0.6 is 0 Å². The summed E-state index contributed by atoms with van der Waals surface area (Å²) >= 11 is 0. The first kappa shape index (κ1) is 23.7. The quantitative estimate of drug-likeness (QED) is 0.344. The highest BCUT2D eigenvalue weighted by molar-refractivity contribution is 7.90. The van der Waals surface area contributed by atoms with Crippen LogP contribution in [0.4, 0.5) is 5.69 Å². The number of aryl methyl sites for hydroxylation is 1. The average molecular weight is 431 g/mol. The summed E-state index contributed by atoms with van der Waals surface area (Å²) in [5.41, 5.74) is 3.62. The van der Waals surface area contributed by atoms with Crippen molar-refractivity contribution >= 4 is 21.5 Å². The van der Waals surface area contributed by atoms with E-state index in [9.17, 15) is 8.42 Å². The maximum Gasteiger partial charge on any atom is 0.191 e. The molecule has 0 spiro atoms. The first-order valence-electron chi connectivity index (χ1n) is 10.4. The van der Waals surface area contributed by atoms with Gasteiger partial charge in [-0.1, -0.05) is 24.3 Å². The van der Waals surface area contributed by atoms with E-state index >= 15 is 0 Å². The molecule has 2 rings (SSSR count). The van der Waals surface area contributed by atoms with Crippen LogP contribution in [0.2, 0.25) is 0 Å². The molecule has 2 aromatic carbocycles. The molecule has 7 heteroatoms. The average Bonchev–Trinajstić information content (AvgIpc) is 2.71. The number of guanidine groups is 1. The van der Waals surface area contributed by atoms with Crippen molar-refractivity contribution in [2.24, 2.45) is 4.99 Å². The van der Waals surface area contributed by atoms with E-state index in [-0.39, 0.29) is 0 Å². The molecule has 0 bridgehead atoms. The van der Waals surface area contributed by atoms with Crippen LogP contribution < -0.4 is 15.5 Å². The minimum atomic E-state index is -3.15. The Kier molecular flexibility index (Phi) is 9.17. The summed E-state index contributed by atoms with van der Waals surface area (Å²) in [6, 6.07) is 15.7. The Morgan fingerprint density at radius 1 is 0.933 bits per heavy atom. The molecular formula is C23H34N4O2S. The van der Waals surface area contributed by atoms with Gasteiger partial charge in [0.05, 0.1) is 4.90 Å². The van der Waals surface area contributed by atoms with Gasteiger partial charge in [-0.2, -0.15) is 0 Å². The molecule has 30 heavy (non-hydrogen) atoms. The van der Waals surface area contributed by atoms with E-state index in [4.69, 9.17) is 0 Å². The highest BCUT2D eigenvalue weighted by atomic mass is 32.2. The Morgan fingerprint density at radius 2 is 1.53 bits per heavy atom. The number of anilines is 1. The maximum absolute atomic E-state index is 11.5. The lowest BCUT2D eigenvalue weighted by atomic mass is 10.1. The number of benzene rings is 2. The smallest absolute Gasteiger partial charge is 0.191 e. The van der Waals surface area contributed by atoms with Gasteiger partial charge in [-0.3, -0.25) is 4.99 Å². The molecule has 2 aromatic rings. The molecule has 0 amide bonds. The lowest BCUT2D eigenvalue weighted by Gasteiger charge is -2.13. The molecule has 0 aromatic heterocycles. The van der Waals surface area contributed by atoms with Crippen molar-refractivity contribution < 1.29 is 8.42 Å². The summed E-state index contributed by atoms with van der Waals surface area (Å²) in [5, 5.41) is 6.62. The third-order valence-corrected chi connectivity index (χ3v) is 5.88. The number of nitrogens with one attached hydrogen (secondary N) is 2. The van der Waals surface area contributed by atoms with Gasteiger partial charge < -0.3 is 15.5 Å². The van der Waals surface area contributed by atoms with Gasteiger partial charge in [0, 0.05) is 45.7 Å². The number of hydrogen-bond donors (Lipinski definition) is 2. The van der Waals surface area contributed by atoms with E-state index in [1.807, 2.05) is 33.2 Å². The van der Waals surface area contributed by atoms with E-state index in [0.717, 1.165) is 50.4 Å². The van der Waals surface area contributed by atoms with Crippen molar-refractivity contribution in [2.75, 3.05) is 44.9 Å². The van der Waals surface area contributed by atoms with Crippen LogP contribution in [0, 0.1) is 0 Å². The largest absolute Gasteiger partial charge is 0.378 e. The lowest BCUT2D eigenvalue weighted by Crippen LogP contribution is -2.38. The molecule has 164 valence electrons. The SMILES string of the molecule is CCNC(=NCCCc1ccc(N(C)C)cc1)NCCc1ccc(S(C)(=O)=O)cc1. The zero-order valence-electron chi connectivity index (χ0n) is 18.5. The third kappa shape index (κ3) is 8.06. The van der Waals surface area contributed by atoms with E-state index < -0.39 is 9.84 Å². The molecule has 0 saturated heterocycles. The van der Waals surface area contributed by atoms with E-state index in [1.165, 1.54) is 17.5 Å². The van der Waals surface area contributed by atoms with E-state index in [0.29, 0.717) is 4.90 Å². The fourth-order valence-electron chi connectivity index (χ4n) is 3.01. The zero-order valence-corrected chi connectivity index (χ0v) is 19.3. The molecule has 2 N–H and O–H groups in total. The number of sulfone groups is 1. The number of nitrogens with zero attached hydrogens (tertiary/aromatic N) is 2. The Bertz CT molecular complexity index is 905. The van der Waals surface area contributed by atoms with Crippen LogP contribution in [0.15, 0.2) is 58.4 Å². The Labute approximate surface area is 181 Å². The monoisotopic (exact) mass is 430 g/mol. The maximum atomic E-state index is 11.5. The second kappa shape index (κ2) is 11.6. The van der Waals surface area contributed by atoms with Crippen molar-refractivity contribution in [3.05, 3.63) is 59.7 Å². The second-order valence-corrected chi connectivity index (χ2v) is 9.53. The van der Waals surface area contributed by atoms with Crippen LogP contribution in [-0.2, 0) is 22.7 Å². The van der Waals surface area contributed by atoms with Crippen LogP contribution in [0.1, 0.15) is 24.5 Å². The van der Waals surface area contributed by atoms with E-state index in [1.54, 1.807) is 12.1 Å². The van der Waals surface area contributed by atoms with Crippen LogP contribution in [0.5, 0.6) is 0 Å². The molecule has 6 nitrogen and oxygen atoms in total. The molecule has 0 saturated carbocycles. The van der Waals surface area contributed by atoms with Gasteiger partial charge in [-0.05, 0) is 61.6 Å². The minimum absolute atomic E-state index is 0.352. The highest BCUT2D eigenvalue weighted by Gasteiger charge is 2.06. The summed E-state index contributed by atoms with van der Waals surface area (Å²) in [6.07, 6.45) is 4.02. The lowest BCUT2D eigenvalue weighted by molar-refractivity contribution is 0.602.